The van der Waals surface area contributed by atoms with Crippen molar-refractivity contribution < 1.29 is 13.2 Å². The number of benzene rings is 2. The van der Waals surface area contributed by atoms with Crippen molar-refractivity contribution in [3.05, 3.63) is 65.2 Å². The van der Waals surface area contributed by atoms with Crippen LogP contribution < -0.4 is 0 Å². The molecule has 1 fully saturated rings. The van der Waals surface area contributed by atoms with Crippen molar-refractivity contribution in [2.45, 2.75) is 24.0 Å². The Labute approximate surface area is 146 Å². The average Bonchev–Trinajstić information content (AvgIpc) is 2.84. The number of likely N-dealkylation sites (N-methyl/N-ethyl adjacent to an activating group) is 1. The fourth-order valence-corrected chi connectivity index (χ4v) is 3.60. The van der Waals surface area contributed by atoms with Crippen LogP contribution in [0.2, 0.25) is 5.02 Å². The first-order valence-electron chi connectivity index (χ1n) is 7.43. The Bertz CT molecular complexity index is 851. The zero-order valence-corrected chi connectivity index (χ0v) is 14.8. The van der Waals surface area contributed by atoms with Crippen molar-refractivity contribution >= 4 is 27.6 Å². The van der Waals surface area contributed by atoms with Crippen molar-refractivity contribution in [1.29, 1.82) is 0 Å². The maximum absolute atomic E-state index is 12.5. The Hall–Kier alpha value is -2.05. The Morgan fingerprint density at radius 2 is 1.71 bits per heavy atom. The van der Waals surface area contributed by atoms with Gasteiger partial charge >= 0.3 is 6.02 Å². The molecule has 1 heterocycles. The lowest BCUT2D eigenvalue weighted by Crippen LogP contribution is -2.28. The van der Waals surface area contributed by atoms with Gasteiger partial charge in [-0.05, 0) is 36.8 Å². The molecule has 0 aromatic heterocycles. The summed E-state index contributed by atoms with van der Waals surface area (Å²) in [5, 5.41) is 0.466. The minimum absolute atomic E-state index is 0.0356. The van der Waals surface area contributed by atoms with Crippen molar-refractivity contribution in [2.75, 3.05) is 7.05 Å². The molecule has 2 atom stereocenters. The third kappa shape index (κ3) is 3.25. The second-order valence-corrected chi connectivity index (χ2v) is 7.64. The fraction of sp³-hybridized carbons (Fsp3) is 0.235. The summed E-state index contributed by atoms with van der Waals surface area (Å²) < 4.78 is 34.6. The van der Waals surface area contributed by atoms with Gasteiger partial charge in [-0.25, -0.2) is 0 Å². The molecule has 1 aliphatic rings. The molecule has 0 N–H and O–H groups in total. The topological polar surface area (TPSA) is 59.0 Å². The van der Waals surface area contributed by atoms with Crippen LogP contribution in [0.5, 0.6) is 0 Å². The third-order valence-corrected chi connectivity index (χ3v) is 5.54. The van der Waals surface area contributed by atoms with Crippen molar-refractivity contribution in [2.24, 2.45) is 4.40 Å². The summed E-state index contributed by atoms with van der Waals surface area (Å²) in [5.41, 5.74) is 0.978. The minimum atomic E-state index is -3.86. The number of hydrogen-bond acceptors (Lipinski definition) is 3. The van der Waals surface area contributed by atoms with Crippen LogP contribution in [0.4, 0.5) is 0 Å². The van der Waals surface area contributed by atoms with Gasteiger partial charge in [0.25, 0.3) is 10.0 Å². The van der Waals surface area contributed by atoms with Gasteiger partial charge < -0.3 is 9.64 Å². The standard InChI is InChI=1S/C17H17ClN2O3S/c1-12-16(13-6-4-3-5-7-13)23-17(20(12)2)19-24(21,22)15-10-8-14(18)9-11-15/h3-12,16H,1-2H3/t12-,16+/m1/s1. The monoisotopic (exact) mass is 364 g/mol. The van der Waals surface area contributed by atoms with E-state index < -0.39 is 10.0 Å². The van der Waals surface area contributed by atoms with Gasteiger partial charge in [-0.2, -0.15) is 8.42 Å². The molecule has 1 aliphatic heterocycles. The summed E-state index contributed by atoms with van der Waals surface area (Å²) in [6, 6.07) is 15.6. The Kier molecular flexibility index (Phi) is 4.51. The Balaban J connectivity index is 1.91. The van der Waals surface area contributed by atoms with Crippen molar-refractivity contribution in [3.63, 3.8) is 0 Å². The lowest BCUT2D eigenvalue weighted by atomic mass is 10.0. The van der Waals surface area contributed by atoms with Crippen LogP contribution in [0.1, 0.15) is 18.6 Å². The molecule has 1 saturated heterocycles. The summed E-state index contributed by atoms with van der Waals surface area (Å²) in [7, 11) is -2.09. The van der Waals surface area contributed by atoms with Gasteiger partial charge in [0.05, 0.1) is 10.9 Å². The molecule has 5 nitrogen and oxygen atoms in total. The maximum atomic E-state index is 12.5. The van der Waals surface area contributed by atoms with Gasteiger partial charge in [0, 0.05) is 12.1 Å². The van der Waals surface area contributed by atoms with Crippen LogP contribution in [-0.2, 0) is 14.8 Å². The van der Waals surface area contributed by atoms with Crippen molar-refractivity contribution in [1.82, 2.24) is 4.90 Å². The van der Waals surface area contributed by atoms with E-state index in [-0.39, 0.29) is 23.1 Å². The minimum Gasteiger partial charge on any atom is -0.454 e. The number of halogens is 1. The van der Waals surface area contributed by atoms with E-state index in [1.807, 2.05) is 37.3 Å². The molecule has 0 saturated carbocycles. The lowest BCUT2D eigenvalue weighted by molar-refractivity contribution is 0.203. The second kappa shape index (κ2) is 6.45. The van der Waals surface area contributed by atoms with E-state index in [1.165, 1.54) is 24.3 Å². The Morgan fingerprint density at radius 1 is 1.08 bits per heavy atom. The highest BCUT2D eigenvalue weighted by Crippen LogP contribution is 2.32. The number of sulfonamides is 1. The van der Waals surface area contributed by atoms with Crippen LogP contribution in [0.15, 0.2) is 63.9 Å². The van der Waals surface area contributed by atoms with Crippen LogP contribution in [0, 0.1) is 0 Å². The first-order valence-corrected chi connectivity index (χ1v) is 9.25. The number of hydrogen-bond donors (Lipinski definition) is 0. The summed E-state index contributed by atoms with van der Waals surface area (Å²) >= 11 is 5.80. The number of nitrogens with zero attached hydrogens (tertiary/aromatic N) is 2. The summed E-state index contributed by atoms with van der Waals surface area (Å²) in [6.07, 6.45) is -0.268. The molecule has 2 aromatic rings. The van der Waals surface area contributed by atoms with Gasteiger partial charge in [-0.15, -0.1) is 4.40 Å². The molecule has 2 aromatic carbocycles. The molecule has 0 bridgehead atoms. The molecule has 0 unspecified atom stereocenters. The average molecular weight is 365 g/mol. The zero-order valence-electron chi connectivity index (χ0n) is 13.3. The molecule has 0 aliphatic carbocycles. The van der Waals surface area contributed by atoms with Crippen LogP contribution in [0.25, 0.3) is 0 Å². The molecular formula is C17H17ClN2O3S. The van der Waals surface area contributed by atoms with Crippen LogP contribution in [-0.4, -0.2) is 32.4 Å². The van der Waals surface area contributed by atoms with E-state index in [0.717, 1.165) is 5.56 Å². The molecule has 0 amide bonds. The molecule has 3 rings (SSSR count). The second-order valence-electron chi connectivity index (χ2n) is 5.60. The lowest BCUT2D eigenvalue weighted by Gasteiger charge is -2.17. The molecular weight excluding hydrogens is 348 g/mol. The molecule has 0 radical (unpaired) electrons. The highest BCUT2D eigenvalue weighted by atomic mass is 35.5. The predicted molar refractivity (Wildman–Crippen MR) is 93.6 cm³/mol. The van der Waals surface area contributed by atoms with E-state index in [2.05, 4.69) is 4.40 Å². The predicted octanol–water partition coefficient (Wildman–Crippen LogP) is 3.48. The third-order valence-electron chi connectivity index (χ3n) is 4.02. The Morgan fingerprint density at radius 3 is 2.33 bits per heavy atom. The fourth-order valence-electron chi connectivity index (χ4n) is 2.51. The largest absolute Gasteiger partial charge is 0.454 e. The van der Waals surface area contributed by atoms with E-state index in [1.54, 1.807) is 11.9 Å². The number of rotatable bonds is 3. The van der Waals surface area contributed by atoms with Gasteiger partial charge in [-0.1, -0.05) is 41.9 Å². The van der Waals surface area contributed by atoms with Crippen LogP contribution in [0.3, 0.4) is 0 Å². The number of amidine groups is 1. The smallest absolute Gasteiger partial charge is 0.304 e. The highest BCUT2D eigenvalue weighted by Gasteiger charge is 2.37. The molecule has 126 valence electrons. The first-order chi connectivity index (χ1) is 11.4. The molecule has 24 heavy (non-hydrogen) atoms. The normalized spacial score (nSPS) is 22.6. The zero-order chi connectivity index (χ0) is 17.3. The van der Waals surface area contributed by atoms with Gasteiger partial charge in [0.2, 0.25) is 0 Å². The summed E-state index contributed by atoms with van der Waals surface area (Å²) in [4.78, 5) is 1.80. The van der Waals surface area contributed by atoms with E-state index in [0.29, 0.717) is 5.02 Å². The van der Waals surface area contributed by atoms with Crippen LogP contribution >= 0.6 is 11.6 Å². The summed E-state index contributed by atoms with van der Waals surface area (Å²) in [5.74, 6) is 0. The van der Waals surface area contributed by atoms with Crippen molar-refractivity contribution in [3.8, 4) is 0 Å². The molecule has 0 spiro atoms. The van der Waals surface area contributed by atoms with Gasteiger partial charge in [-0.3, -0.25) is 0 Å². The highest BCUT2D eigenvalue weighted by molar-refractivity contribution is 7.90. The maximum Gasteiger partial charge on any atom is 0.304 e. The van der Waals surface area contributed by atoms with E-state index in [9.17, 15) is 8.42 Å². The quantitative estimate of drug-likeness (QED) is 0.836. The molecule has 7 heteroatoms. The first kappa shape index (κ1) is 16.8. The van der Waals surface area contributed by atoms with Gasteiger partial charge in [0.1, 0.15) is 6.10 Å². The van der Waals surface area contributed by atoms with Gasteiger partial charge in [0.15, 0.2) is 0 Å². The van der Waals surface area contributed by atoms with E-state index in [4.69, 9.17) is 16.3 Å². The SMILES string of the molecule is C[C@@H]1[C@@H](c2ccccc2)OC(=NS(=O)(=O)c2ccc(Cl)cc2)N1C. The van der Waals surface area contributed by atoms with E-state index >= 15 is 0 Å². The summed E-state index contributed by atoms with van der Waals surface area (Å²) in [6.45, 7) is 1.97. The number of ether oxygens (including phenoxy) is 1.